The minimum Gasteiger partial charge on any atom is -0.456 e. The number of benzene rings is 2. The molecule has 1 N–H and O–H groups in total. The van der Waals surface area contributed by atoms with Gasteiger partial charge in [0.05, 0.1) is 11.1 Å². The molecule has 0 saturated carbocycles. The molecule has 0 atom stereocenters. The molecule has 0 heterocycles. The van der Waals surface area contributed by atoms with Crippen molar-refractivity contribution in [2.24, 2.45) is 0 Å². The van der Waals surface area contributed by atoms with Crippen LogP contribution in [0.1, 0.15) is 53.5 Å². The average molecular weight is 339 g/mol. The Balaban J connectivity index is 2.13. The van der Waals surface area contributed by atoms with Gasteiger partial charge in [0.1, 0.15) is 5.60 Å². The lowest BCUT2D eigenvalue weighted by molar-refractivity contribution is -0.000828. The second-order valence-corrected chi connectivity index (χ2v) is 6.61. The number of hydrogen-bond donors (Lipinski definition) is 1. The molecule has 0 bridgehead atoms. The van der Waals surface area contributed by atoms with Crippen LogP contribution in [-0.4, -0.2) is 24.0 Å². The van der Waals surface area contributed by atoms with Gasteiger partial charge in [0.2, 0.25) is 0 Å². The van der Waals surface area contributed by atoms with Crippen molar-refractivity contribution in [3.63, 3.8) is 0 Å². The van der Waals surface area contributed by atoms with E-state index in [4.69, 9.17) is 4.74 Å². The van der Waals surface area contributed by atoms with E-state index in [9.17, 15) is 9.59 Å². The molecule has 0 unspecified atom stereocenters. The molecule has 0 aromatic heterocycles. The predicted molar refractivity (Wildman–Crippen MR) is 98.7 cm³/mol. The predicted octanol–water partition coefficient (Wildman–Crippen LogP) is 4.00. The molecule has 2 rings (SSSR count). The van der Waals surface area contributed by atoms with E-state index in [1.54, 1.807) is 24.3 Å². The second-order valence-electron chi connectivity index (χ2n) is 6.61. The molecule has 0 aliphatic heterocycles. The quantitative estimate of drug-likeness (QED) is 0.776. The third-order valence-electron chi connectivity index (χ3n) is 3.77. The first-order chi connectivity index (χ1) is 11.9. The number of rotatable bonds is 7. The Kier molecular flexibility index (Phi) is 6.34. The van der Waals surface area contributed by atoms with Gasteiger partial charge < -0.3 is 10.1 Å². The first-order valence-corrected chi connectivity index (χ1v) is 8.57. The van der Waals surface area contributed by atoms with Gasteiger partial charge in [-0.15, -0.1) is 0 Å². The first-order valence-electron chi connectivity index (χ1n) is 8.57. The number of hydrogen-bond acceptors (Lipinski definition) is 3. The van der Waals surface area contributed by atoms with Crippen LogP contribution in [0.2, 0.25) is 0 Å². The number of ether oxygens (including phenoxy) is 1. The summed E-state index contributed by atoms with van der Waals surface area (Å²) in [5.41, 5.74) is 1.05. The zero-order chi connectivity index (χ0) is 18.3. The van der Waals surface area contributed by atoms with Gasteiger partial charge >= 0.3 is 5.97 Å². The standard InChI is InChI=1S/C21H25NO3/c1-4-14-22-19(23)17-12-8-9-13-18(17)20(24)25-21(2,3)15-16-10-6-5-7-11-16/h5-13H,4,14-15H2,1-3H3,(H,22,23). The summed E-state index contributed by atoms with van der Waals surface area (Å²) < 4.78 is 5.70. The minimum absolute atomic E-state index is 0.254. The molecular formula is C21H25NO3. The van der Waals surface area contributed by atoms with E-state index in [0.29, 0.717) is 18.5 Å². The fraction of sp³-hybridized carbons (Fsp3) is 0.333. The highest BCUT2D eigenvalue weighted by atomic mass is 16.6. The summed E-state index contributed by atoms with van der Waals surface area (Å²) in [6.45, 7) is 6.30. The highest BCUT2D eigenvalue weighted by molar-refractivity contribution is 6.05. The van der Waals surface area contributed by atoms with Crippen LogP contribution < -0.4 is 5.32 Å². The Morgan fingerprint density at radius 3 is 2.20 bits per heavy atom. The first kappa shape index (κ1) is 18.7. The topological polar surface area (TPSA) is 55.4 Å². The van der Waals surface area contributed by atoms with E-state index in [-0.39, 0.29) is 11.5 Å². The van der Waals surface area contributed by atoms with Gasteiger partial charge in [-0.1, -0.05) is 49.4 Å². The Morgan fingerprint density at radius 1 is 0.960 bits per heavy atom. The maximum atomic E-state index is 12.6. The van der Waals surface area contributed by atoms with Crippen molar-refractivity contribution in [2.45, 2.75) is 39.2 Å². The molecule has 2 aromatic carbocycles. The zero-order valence-corrected chi connectivity index (χ0v) is 15.0. The fourth-order valence-electron chi connectivity index (χ4n) is 2.62. The number of nitrogens with one attached hydrogen (secondary N) is 1. The van der Waals surface area contributed by atoms with Crippen molar-refractivity contribution < 1.29 is 14.3 Å². The zero-order valence-electron chi connectivity index (χ0n) is 15.0. The summed E-state index contributed by atoms with van der Waals surface area (Å²) in [5, 5.41) is 2.80. The van der Waals surface area contributed by atoms with E-state index in [0.717, 1.165) is 12.0 Å². The van der Waals surface area contributed by atoms with Crippen LogP contribution in [0.4, 0.5) is 0 Å². The molecule has 4 heteroatoms. The summed E-state index contributed by atoms with van der Waals surface area (Å²) >= 11 is 0. The van der Waals surface area contributed by atoms with Crippen molar-refractivity contribution in [1.29, 1.82) is 0 Å². The smallest absolute Gasteiger partial charge is 0.339 e. The van der Waals surface area contributed by atoms with Gasteiger partial charge in [0.15, 0.2) is 0 Å². The van der Waals surface area contributed by atoms with Crippen LogP contribution in [0.15, 0.2) is 54.6 Å². The largest absolute Gasteiger partial charge is 0.456 e. The van der Waals surface area contributed by atoms with Gasteiger partial charge in [0.25, 0.3) is 5.91 Å². The summed E-state index contributed by atoms with van der Waals surface area (Å²) in [7, 11) is 0. The Bertz CT molecular complexity index is 723. The number of amides is 1. The van der Waals surface area contributed by atoms with Crippen molar-refractivity contribution in [3.8, 4) is 0 Å². The third kappa shape index (κ3) is 5.45. The van der Waals surface area contributed by atoms with E-state index >= 15 is 0 Å². The lowest BCUT2D eigenvalue weighted by Crippen LogP contribution is -2.32. The maximum absolute atomic E-state index is 12.6. The van der Waals surface area contributed by atoms with Gasteiger partial charge in [-0.2, -0.15) is 0 Å². The summed E-state index contributed by atoms with van der Waals surface area (Å²) in [6, 6.07) is 16.6. The summed E-state index contributed by atoms with van der Waals surface area (Å²) in [4.78, 5) is 24.9. The summed E-state index contributed by atoms with van der Waals surface area (Å²) in [6.07, 6.45) is 1.44. The van der Waals surface area contributed by atoms with Gasteiger partial charge in [-0.3, -0.25) is 4.79 Å². The molecular weight excluding hydrogens is 314 g/mol. The molecule has 25 heavy (non-hydrogen) atoms. The van der Waals surface area contributed by atoms with E-state index in [1.807, 2.05) is 51.1 Å². The van der Waals surface area contributed by atoms with E-state index in [1.165, 1.54) is 0 Å². The van der Waals surface area contributed by atoms with Crippen LogP contribution in [0.3, 0.4) is 0 Å². The van der Waals surface area contributed by atoms with Gasteiger partial charge in [-0.05, 0) is 38.0 Å². The number of carbonyl (C=O) groups is 2. The maximum Gasteiger partial charge on any atom is 0.339 e. The van der Waals surface area contributed by atoms with Crippen LogP contribution >= 0.6 is 0 Å². The van der Waals surface area contributed by atoms with Crippen molar-refractivity contribution in [3.05, 3.63) is 71.3 Å². The Labute approximate surface area is 149 Å². The number of esters is 1. The highest BCUT2D eigenvalue weighted by Gasteiger charge is 2.26. The molecule has 4 nitrogen and oxygen atoms in total. The summed E-state index contributed by atoms with van der Waals surface area (Å²) in [5.74, 6) is -0.738. The highest BCUT2D eigenvalue weighted by Crippen LogP contribution is 2.20. The van der Waals surface area contributed by atoms with Gasteiger partial charge in [0, 0.05) is 13.0 Å². The lowest BCUT2D eigenvalue weighted by Gasteiger charge is -2.25. The molecule has 0 fully saturated rings. The molecule has 2 aromatic rings. The average Bonchev–Trinajstić information content (AvgIpc) is 2.59. The van der Waals surface area contributed by atoms with Crippen molar-refractivity contribution >= 4 is 11.9 Å². The van der Waals surface area contributed by atoms with Crippen LogP contribution in [0.25, 0.3) is 0 Å². The van der Waals surface area contributed by atoms with E-state index in [2.05, 4.69) is 5.32 Å². The second kappa shape index (κ2) is 8.47. The van der Waals surface area contributed by atoms with Crippen LogP contribution in [0, 0.1) is 0 Å². The van der Waals surface area contributed by atoms with Gasteiger partial charge in [-0.25, -0.2) is 4.79 Å². The molecule has 0 spiro atoms. The Hall–Kier alpha value is -2.62. The van der Waals surface area contributed by atoms with Crippen molar-refractivity contribution in [2.75, 3.05) is 6.54 Å². The molecule has 1 amide bonds. The SMILES string of the molecule is CCCNC(=O)c1ccccc1C(=O)OC(C)(C)Cc1ccccc1. The van der Waals surface area contributed by atoms with Crippen LogP contribution in [0.5, 0.6) is 0 Å². The number of carbonyl (C=O) groups excluding carboxylic acids is 2. The lowest BCUT2D eigenvalue weighted by atomic mass is 9.98. The monoisotopic (exact) mass is 339 g/mol. The fourth-order valence-corrected chi connectivity index (χ4v) is 2.62. The van der Waals surface area contributed by atoms with Crippen LogP contribution in [-0.2, 0) is 11.2 Å². The van der Waals surface area contributed by atoms with E-state index < -0.39 is 11.6 Å². The minimum atomic E-state index is -0.675. The molecule has 0 aliphatic carbocycles. The molecule has 0 aliphatic rings. The normalized spacial score (nSPS) is 11.0. The molecule has 0 saturated heterocycles. The molecule has 0 radical (unpaired) electrons. The Morgan fingerprint density at radius 2 is 1.56 bits per heavy atom. The third-order valence-corrected chi connectivity index (χ3v) is 3.77. The van der Waals surface area contributed by atoms with Crippen molar-refractivity contribution in [1.82, 2.24) is 5.32 Å². The molecule has 132 valence electrons.